The second-order valence-corrected chi connectivity index (χ2v) is 7.69. The van der Waals surface area contributed by atoms with Gasteiger partial charge in [-0.1, -0.05) is 12.1 Å². The molecule has 2 aromatic heterocycles. The number of rotatable bonds is 4. The molecule has 0 atom stereocenters. The summed E-state index contributed by atoms with van der Waals surface area (Å²) in [6.07, 6.45) is 0. The fourth-order valence-electron chi connectivity index (χ4n) is 3.39. The maximum atomic E-state index is 14.2. The van der Waals surface area contributed by atoms with Gasteiger partial charge in [0.25, 0.3) is 0 Å². The summed E-state index contributed by atoms with van der Waals surface area (Å²) in [5, 5.41) is 0. The average Bonchev–Trinajstić information content (AvgIpc) is 2.74. The van der Waals surface area contributed by atoms with E-state index < -0.39 is 28.7 Å². The molecule has 31 heavy (non-hydrogen) atoms. The van der Waals surface area contributed by atoms with Crippen LogP contribution in [0.1, 0.15) is 25.2 Å². The first-order valence-corrected chi connectivity index (χ1v) is 9.61. The summed E-state index contributed by atoms with van der Waals surface area (Å²) in [4.78, 5) is 9.17. The molecule has 0 unspecified atom stereocenters. The van der Waals surface area contributed by atoms with E-state index in [9.17, 15) is 17.6 Å². The zero-order chi connectivity index (χ0) is 22.2. The lowest BCUT2D eigenvalue weighted by Crippen LogP contribution is -2.22. The van der Waals surface area contributed by atoms with Crippen LogP contribution in [0, 0.1) is 23.3 Å². The first-order chi connectivity index (χ1) is 14.8. The molecular weight excluding hydrogens is 404 g/mol. The van der Waals surface area contributed by atoms with Gasteiger partial charge in [-0.15, -0.1) is 0 Å². The minimum Gasteiger partial charge on any atom is -0.252 e. The summed E-state index contributed by atoms with van der Waals surface area (Å²) >= 11 is 0. The highest BCUT2D eigenvalue weighted by Gasteiger charge is 2.27. The van der Waals surface area contributed by atoms with Crippen LogP contribution in [0.4, 0.5) is 17.6 Å². The van der Waals surface area contributed by atoms with Crippen LogP contribution in [0.25, 0.3) is 22.5 Å². The molecule has 6 heteroatoms. The van der Waals surface area contributed by atoms with Crippen molar-refractivity contribution in [2.24, 2.45) is 0 Å². The Morgan fingerprint density at radius 2 is 1.00 bits per heavy atom. The standard InChI is InChI=1S/C25H18F4N2/c1-25(2,23-7-3-5-21(30-23)17-11-9-15(26)13-19(17)28)24-8-4-6-22(31-24)18-12-10-16(27)14-20(18)29/h3-14H,1-2H3. The molecule has 0 saturated heterocycles. The van der Waals surface area contributed by atoms with E-state index in [1.54, 1.807) is 36.4 Å². The highest BCUT2D eigenvalue weighted by molar-refractivity contribution is 5.62. The van der Waals surface area contributed by atoms with Crippen molar-refractivity contribution >= 4 is 0 Å². The Bertz CT molecular complexity index is 1170. The number of halogens is 4. The van der Waals surface area contributed by atoms with Gasteiger partial charge in [0, 0.05) is 28.7 Å². The monoisotopic (exact) mass is 422 g/mol. The van der Waals surface area contributed by atoms with E-state index in [1.165, 1.54) is 24.3 Å². The zero-order valence-electron chi connectivity index (χ0n) is 16.8. The molecule has 0 aliphatic carbocycles. The van der Waals surface area contributed by atoms with E-state index in [0.29, 0.717) is 22.8 Å². The molecule has 4 rings (SSSR count). The van der Waals surface area contributed by atoms with E-state index in [-0.39, 0.29) is 11.1 Å². The summed E-state index contributed by atoms with van der Waals surface area (Å²) in [5.41, 5.74) is 1.62. The van der Waals surface area contributed by atoms with Gasteiger partial charge in [0.2, 0.25) is 0 Å². The summed E-state index contributed by atoms with van der Waals surface area (Å²) in [6, 6.07) is 17.0. The molecule has 0 aliphatic rings. The Morgan fingerprint density at radius 1 is 0.581 bits per heavy atom. The molecule has 0 saturated carbocycles. The van der Waals surface area contributed by atoms with E-state index >= 15 is 0 Å². The van der Waals surface area contributed by atoms with Crippen molar-refractivity contribution in [1.82, 2.24) is 9.97 Å². The Labute approximate surface area is 177 Å². The van der Waals surface area contributed by atoms with E-state index in [2.05, 4.69) is 9.97 Å². The highest BCUT2D eigenvalue weighted by Crippen LogP contribution is 2.33. The van der Waals surface area contributed by atoms with E-state index in [4.69, 9.17) is 0 Å². The number of hydrogen-bond acceptors (Lipinski definition) is 2. The predicted octanol–water partition coefficient (Wildman–Crippen LogP) is 6.69. The molecule has 0 spiro atoms. The number of benzene rings is 2. The Balaban J connectivity index is 1.75. The average molecular weight is 422 g/mol. The van der Waals surface area contributed by atoms with Crippen molar-refractivity contribution in [3.8, 4) is 22.5 Å². The summed E-state index contributed by atoms with van der Waals surface area (Å²) in [7, 11) is 0. The lowest BCUT2D eigenvalue weighted by Gasteiger charge is -2.25. The van der Waals surface area contributed by atoms with Gasteiger partial charge in [0.05, 0.1) is 22.8 Å². The molecule has 4 aromatic rings. The van der Waals surface area contributed by atoms with E-state index in [0.717, 1.165) is 12.1 Å². The zero-order valence-corrected chi connectivity index (χ0v) is 16.8. The Kier molecular flexibility index (Phi) is 5.31. The van der Waals surface area contributed by atoms with Gasteiger partial charge in [-0.3, -0.25) is 9.97 Å². The van der Waals surface area contributed by atoms with Gasteiger partial charge in [-0.05, 0) is 62.4 Å². The highest BCUT2D eigenvalue weighted by atomic mass is 19.1. The summed E-state index contributed by atoms with van der Waals surface area (Å²) in [6.45, 7) is 3.79. The fourth-order valence-corrected chi connectivity index (χ4v) is 3.39. The van der Waals surface area contributed by atoms with Gasteiger partial charge >= 0.3 is 0 Å². The van der Waals surface area contributed by atoms with Crippen molar-refractivity contribution in [3.05, 3.63) is 107 Å². The second kappa shape index (κ2) is 7.95. The SMILES string of the molecule is CC(C)(c1cccc(-c2ccc(F)cc2F)n1)c1cccc(-c2ccc(F)cc2F)n1. The van der Waals surface area contributed by atoms with Crippen LogP contribution in [-0.2, 0) is 5.41 Å². The van der Waals surface area contributed by atoms with Crippen LogP contribution in [-0.4, -0.2) is 9.97 Å². The molecule has 0 fully saturated rings. The van der Waals surface area contributed by atoms with Gasteiger partial charge in [-0.25, -0.2) is 17.6 Å². The van der Waals surface area contributed by atoms with Crippen molar-refractivity contribution in [2.45, 2.75) is 19.3 Å². The van der Waals surface area contributed by atoms with Crippen LogP contribution in [0.2, 0.25) is 0 Å². The van der Waals surface area contributed by atoms with Crippen molar-refractivity contribution < 1.29 is 17.6 Å². The van der Waals surface area contributed by atoms with Gasteiger partial charge < -0.3 is 0 Å². The summed E-state index contributed by atoms with van der Waals surface area (Å²) < 4.78 is 55.0. The van der Waals surface area contributed by atoms with Crippen molar-refractivity contribution in [2.75, 3.05) is 0 Å². The molecule has 2 aromatic carbocycles. The molecule has 0 aliphatic heterocycles. The topological polar surface area (TPSA) is 25.8 Å². The molecule has 0 bridgehead atoms. The first-order valence-electron chi connectivity index (χ1n) is 9.61. The van der Waals surface area contributed by atoms with Crippen LogP contribution >= 0.6 is 0 Å². The quantitative estimate of drug-likeness (QED) is 0.342. The van der Waals surface area contributed by atoms with Gasteiger partial charge in [-0.2, -0.15) is 0 Å². The maximum Gasteiger partial charge on any atom is 0.135 e. The number of pyridine rings is 2. The van der Waals surface area contributed by atoms with Crippen LogP contribution in [0.3, 0.4) is 0 Å². The van der Waals surface area contributed by atoms with Crippen molar-refractivity contribution in [1.29, 1.82) is 0 Å². The third-order valence-corrected chi connectivity index (χ3v) is 5.19. The molecule has 156 valence electrons. The molecule has 0 radical (unpaired) electrons. The number of aromatic nitrogens is 2. The Hall–Kier alpha value is -3.54. The number of hydrogen-bond donors (Lipinski definition) is 0. The third-order valence-electron chi connectivity index (χ3n) is 5.19. The second-order valence-electron chi connectivity index (χ2n) is 7.69. The van der Waals surface area contributed by atoms with Gasteiger partial charge in [0.1, 0.15) is 23.3 Å². The fraction of sp³-hybridized carbons (Fsp3) is 0.120. The number of nitrogens with zero attached hydrogens (tertiary/aromatic N) is 2. The maximum absolute atomic E-state index is 14.2. The Morgan fingerprint density at radius 3 is 1.39 bits per heavy atom. The van der Waals surface area contributed by atoms with Crippen LogP contribution in [0.5, 0.6) is 0 Å². The third kappa shape index (κ3) is 4.06. The molecule has 0 amide bonds. The molecule has 2 nitrogen and oxygen atoms in total. The molecule has 2 heterocycles. The normalized spacial score (nSPS) is 11.5. The minimum atomic E-state index is -0.709. The van der Waals surface area contributed by atoms with Crippen molar-refractivity contribution in [3.63, 3.8) is 0 Å². The first kappa shape index (κ1) is 20.7. The largest absolute Gasteiger partial charge is 0.252 e. The van der Waals surface area contributed by atoms with E-state index in [1.807, 2.05) is 13.8 Å². The van der Waals surface area contributed by atoms with Crippen LogP contribution in [0.15, 0.2) is 72.8 Å². The lowest BCUT2D eigenvalue weighted by atomic mass is 9.84. The van der Waals surface area contributed by atoms with Crippen LogP contribution < -0.4 is 0 Å². The smallest absolute Gasteiger partial charge is 0.135 e. The molecule has 0 N–H and O–H groups in total. The summed E-state index contributed by atoms with van der Waals surface area (Å²) in [5.74, 6) is -2.72. The predicted molar refractivity (Wildman–Crippen MR) is 111 cm³/mol. The minimum absolute atomic E-state index is 0.189. The lowest BCUT2D eigenvalue weighted by molar-refractivity contribution is 0.582. The van der Waals surface area contributed by atoms with Gasteiger partial charge in [0.15, 0.2) is 0 Å². The molecular formula is C25H18F4N2.